The molecule has 0 spiro atoms. The molecule has 20 heavy (non-hydrogen) atoms. The van der Waals surface area contributed by atoms with Gasteiger partial charge in [-0.05, 0) is 45.4 Å². The zero-order valence-corrected chi connectivity index (χ0v) is 12.3. The molecule has 2 aromatic rings. The van der Waals surface area contributed by atoms with E-state index < -0.39 is 0 Å². The molecule has 0 unspecified atom stereocenters. The van der Waals surface area contributed by atoms with Crippen molar-refractivity contribution in [2.45, 2.75) is 39.8 Å². The average molecular weight is 272 g/mol. The zero-order chi connectivity index (χ0) is 14.7. The van der Waals surface area contributed by atoms with Gasteiger partial charge in [-0.15, -0.1) is 0 Å². The average Bonchev–Trinajstić information content (AvgIpc) is 2.88. The van der Waals surface area contributed by atoms with Gasteiger partial charge < -0.3 is 5.32 Å². The highest BCUT2D eigenvalue weighted by atomic mass is 16.2. The topological polar surface area (TPSA) is 59.8 Å². The summed E-state index contributed by atoms with van der Waals surface area (Å²) in [7, 11) is 0. The molecule has 0 aliphatic heterocycles. The fourth-order valence-corrected chi connectivity index (χ4v) is 1.99. The van der Waals surface area contributed by atoms with Crippen molar-refractivity contribution in [3.8, 4) is 0 Å². The Morgan fingerprint density at radius 1 is 1.25 bits per heavy atom. The predicted molar refractivity (Wildman–Crippen MR) is 77.5 cm³/mol. The summed E-state index contributed by atoms with van der Waals surface area (Å²) in [6, 6.07) is 5.71. The number of aryl methyl sites for hydroxylation is 1. The molecule has 5 heteroatoms. The van der Waals surface area contributed by atoms with Gasteiger partial charge in [0.15, 0.2) is 0 Å². The van der Waals surface area contributed by atoms with Crippen molar-refractivity contribution in [1.29, 1.82) is 0 Å². The highest BCUT2D eigenvalue weighted by molar-refractivity contribution is 5.92. The van der Waals surface area contributed by atoms with Gasteiger partial charge in [0.25, 0.3) is 5.91 Å². The third-order valence-corrected chi connectivity index (χ3v) is 3.17. The first-order valence-electron chi connectivity index (χ1n) is 6.76. The summed E-state index contributed by atoms with van der Waals surface area (Å²) in [4.78, 5) is 16.5. The van der Waals surface area contributed by atoms with E-state index in [0.29, 0.717) is 5.69 Å². The summed E-state index contributed by atoms with van der Waals surface area (Å²) in [5.41, 5.74) is 2.52. The molecular weight excluding hydrogens is 252 g/mol. The normalized spacial score (nSPS) is 12.4. The van der Waals surface area contributed by atoms with Crippen molar-refractivity contribution in [2.75, 3.05) is 0 Å². The lowest BCUT2D eigenvalue weighted by atomic mass is 10.1. The highest BCUT2D eigenvalue weighted by Crippen LogP contribution is 2.13. The Balaban J connectivity index is 2.11. The molecule has 0 aliphatic rings. The second kappa shape index (κ2) is 5.86. The van der Waals surface area contributed by atoms with Crippen LogP contribution < -0.4 is 5.32 Å². The summed E-state index contributed by atoms with van der Waals surface area (Å²) < 4.78 is 1.72. The fourth-order valence-electron chi connectivity index (χ4n) is 1.99. The van der Waals surface area contributed by atoms with Crippen LogP contribution in [0, 0.1) is 6.92 Å². The van der Waals surface area contributed by atoms with E-state index in [0.717, 1.165) is 11.3 Å². The van der Waals surface area contributed by atoms with E-state index in [4.69, 9.17) is 0 Å². The maximum Gasteiger partial charge on any atom is 0.270 e. The summed E-state index contributed by atoms with van der Waals surface area (Å²) in [6.45, 7) is 7.88. The molecule has 1 N–H and O–H groups in total. The van der Waals surface area contributed by atoms with Crippen molar-refractivity contribution in [3.63, 3.8) is 0 Å². The molecule has 5 nitrogen and oxygen atoms in total. The van der Waals surface area contributed by atoms with Crippen LogP contribution in [-0.2, 0) is 0 Å². The van der Waals surface area contributed by atoms with Gasteiger partial charge in [0.2, 0.25) is 0 Å². The van der Waals surface area contributed by atoms with Gasteiger partial charge in [-0.2, -0.15) is 5.10 Å². The maximum atomic E-state index is 12.3. The van der Waals surface area contributed by atoms with Crippen LogP contribution in [0.1, 0.15) is 54.6 Å². The van der Waals surface area contributed by atoms with Crippen LogP contribution in [0.2, 0.25) is 0 Å². The van der Waals surface area contributed by atoms with Crippen LogP contribution in [0.25, 0.3) is 0 Å². The second-order valence-electron chi connectivity index (χ2n) is 5.18. The quantitative estimate of drug-likeness (QED) is 0.930. The van der Waals surface area contributed by atoms with Gasteiger partial charge in [-0.25, -0.2) is 0 Å². The predicted octanol–water partition coefficient (Wildman–Crippen LogP) is 2.66. The number of hydrogen-bond donors (Lipinski definition) is 1. The lowest BCUT2D eigenvalue weighted by molar-refractivity contribution is 0.0927. The number of carbonyl (C=O) groups excluding carboxylic acids is 1. The van der Waals surface area contributed by atoms with Gasteiger partial charge in [-0.3, -0.25) is 14.5 Å². The molecule has 0 aromatic carbocycles. The van der Waals surface area contributed by atoms with Crippen LogP contribution in [0.5, 0.6) is 0 Å². The van der Waals surface area contributed by atoms with Crippen molar-refractivity contribution in [2.24, 2.45) is 0 Å². The van der Waals surface area contributed by atoms with Gasteiger partial charge in [0.1, 0.15) is 5.69 Å². The number of carbonyl (C=O) groups is 1. The first kappa shape index (κ1) is 14.2. The first-order valence-corrected chi connectivity index (χ1v) is 6.76. The Labute approximate surface area is 119 Å². The summed E-state index contributed by atoms with van der Waals surface area (Å²) >= 11 is 0. The summed E-state index contributed by atoms with van der Waals surface area (Å²) in [5, 5.41) is 7.15. The molecule has 2 aromatic heterocycles. The van der Waals surface area contributed by atoms with E-state index in [1.165, 1.54) is 0 Å². The number of pyridine rings is 1. The Hall–Kier alpha value is -2.17. The molecule has 106 valence electrons. The molecule has 0 saturated heterocycles. The van der Waals surface area contributed by atoms with E-state index >= 15 is 0 Å². The van der Waals surface area contributed by atoms with Crippen LogP contribution in [0.4, 0.5) is 0 Å². The Bertz CT molecular complexity index is 586. The van der Waals surface area contributed by atoms with Gasteiger partial charge >= 0.3 is 0 Å². The molecule has 2 rings (SSSR count). The van der Waals surface area contributed by atoms with Crippen LogP contribution in [0.3, 0.4) is 0 Å². The van der Waals surface area contributed by atoms with Crippen molar-refractivity contribution in [1.82, 2.24) is 20.1 Å². The molecule has 1 atom stereocenters. The van der Waals surface area contributed by atoms with E-state index in [-0.39, 0.29) is 18.0 Å². The van der Waals surface area contributed by atoms with E-state index in [9.17, 15) is 4.79 Å². The largest absolute Gasteiger partial charge is 0.344 e. The molecule has 1 amide bonds. The number of rotatable bonds is 4. The molecule has 0 aliphatic carbocycles. The zero-order valence-electron chi connectivity index (χ0n) is 12.3. The fraction of sp³-hybridized carbons (Fsp3) is 0.400. The third kappa shape index (κ3) is 3.04. The molecule has 0 bridgehead atoms. The van der Waals surface area contributed by atoms with E-state index in [1.54, 1.807) is 23.1 Å². The Morgan fingerprint density at radius 2 is 2.00 bits per heavy atom. The number of hydrogen-bond acceptors (Lipinski definition) is 3. The molecular formula is C15H20N4O. The second-order valence-corrected chi connectivity index (χ2v) is 5.18. The molecule has 2 heterocycles. The third-order valence-electron chi connectivity index (χ3n) is 3.17. The van der Waals surface area contributed by atoms with Crippen LogP contribution >= 0.6 is 0 Å². The molecule has 0 fully saturated rings. The monoisotopic (exact) mass is 272 g/mol. The first-order chi connectivity index (χ1) is 9.49. The minimum atomic E-state index is -0.121. The molecule has 0 radical (unpaired) electrons. The van der Waals surface area contributed by atoms with E-state index in [1.807, 2.05) is 39.8 Å². The van der Waals surface area contributed by atoms with Gasteiger partial charge in [0, 0.05) is 24.1 Å². The van der Waals surface area contributed by atoms with Crippen LogP contribution in [-0.4, -0.2) is 20.7 Å². The highest BCUT2D eigenvalue weighted by Gasteiger charge is 2.16. The number of aromatic nitrogens is 3. The summed E-state index contributed by atoms with van der Waals surface area (Å²) in [6.07, 6.45) is 3.44. The minimum absolute atomic E-state index is 0.0916. The van der Waals surface area contributed by atoms with Gasteiger partial charge in [0.05, 0.1) is 6.04 Å². The standard InChI is InChI=1S/C15H20N4O/c1-10(2)19-14(7-8-17-19)15(20)18-12(4)13-6-5-11(3)16-9-13/h5-10,12H,1-4H3,(H,18,20)/t12-/m1/s1. The number of nitrogens with zero attached hydrogens (tertiary/aromatic N) is 3. The number of amides is 1. The summed E-state index contributed by atoms with van der Waals surface area (Å²) in [5.74, 6) is -0.121. The van der Waals surface area contributed by atoms with Crippen molar-refractivity contribution < 1.29 is 4.79 Å². The maximum absolute atomic E-state index is 12.3. The lowest BCUT2D eigenvalue weighted by Gasteiger charge is -2.16. The number of nitrogens with one attached hydrogen (secondary N) is 1. The smallest absolute Gasteiger partial charge is 0.270 e. The van der Waals surface area contributed by atoms with Crippen molar-refractivity contribution >= 4 is 5.91 Å². The Morgan fingerprint density at radius 3 is 2.60 bits per heavy atom. The minimum Gasteiger partial charge on any atom is -0.344 e. The molecule has 0 saturated carbocycles. The van der Waals surface area contributed by atoms with Gasteiger partial charge in [-0.1, -0.05) is 6.07 Å². The van der Waals surface area contributed by atoms with E-state index in [2.05, 4.69) is 15.4 Å². The Kier molecular flexibility index (Phi) is 4.17. The SMILES string of the molecule is Cc1ccc([C@@H](C)NC(=O)c2ccnn2C(C)C)cn1. The van der Waals surface area contributed by atoms with Crippen LogP contribution in [0.15, 0.2) is 30.6 Å². The lowest BCUT2D eigenvalue weighted by Crippen LogP contribution is -2.29. The van der Waals surface area contributed by atoms with Crippen molar-refractivity contribution in [3.05, 3.63) is 47.5 Å².